The minimum Gasteiger partial charge on any atom is -0.206 e. The van der Waals surface area contributed by atoms with Crippen LogP contribution >= 0.6 is 0 Å². The second-order valence-electron chi connectivity index (χ2n) is 9.00. The molecule has 0 N–H and O–H groups in total. The van der Waals surface area contributed by atoms with Gasteiger partial charge in [-0.2, -0.15) is 0 Å². The molecule has 6 heteroatoms. The molecule has 5 aromatic rings. The van der Waals surface area contributed by atoms with Crippen LogP contribution in [-0.4, -0.2) is 0 Å². The summed E-state index contributed by atoms with van der Waals surface area (Å²) in [6.45, 7) is 3.56. The van der Waals surface area contributed by atoms with E-state index in [2.05, 4.69) is 11.8 Å². The van der Waals surface area contributed by atoms with Crippen LogP contribution < -0.4 is 0 Å². The maximum atomic E-state index is 15.1. The van der Waals surface area contributed by atoms with Gasteiger partial charge >= 0.3 is 0 Å². The quantitative estimate of drug-likeness (QED) is 0.125. The van der Waals surface area contributed by atoms with E-state index in [4.69, 9.17) is 0 Å². The lowest BCUT2D eigenvalue weighted by molar-refractivity contribution is 0.451. The third kappa shape index (κ3) is 4.64. The van der Waals surface area contributed by atoms with Gasteiger partial charge < -0.3 is 0 Å². The van der Waals surface area contributed by atoms with Crippen molar-refractivity contribution >= 4 is 10.8 Å². The Morgan fingerprint density at radius 1 is 0.526 bits per heavy atom. The highest BCUT2D eigenvalue weighted by molar-refractivity contribution is 5.85. The van der Waals surface area contributed by atoms with Crippen LogP contribution in [-0.2, 0) is 0 Å². The van der Waals surface area contributed by atoms with Crippen molar-refractivity contribution < 1.29 is 26.3 Å². The Hall–Kier alpha value is -4.50. The number of benzene rings is 5. The summed E-state index contributed by atoms with van der Waals surface area (Å²) >= 11 is 0. The van der Waals surface area contributed by atoms with Gasteiger partial charge in [-0.05, 0) is 77.9 Å². The van der Waals surface area contributed by atoms with Crippen molar-refractivity contribution in [2.24, 2.45) is 0 Å². The molecule has 0 bridgehead atoms. The summed E-state index contributed by atoms with van der Waals surface area (Å²) in [7, 11) is 0. The minimum atomic E-state index is -1.77. The first-order chi connectivity index (χ1) is 18.1. The summed E-state index contributed by atoms with van der Waals surface area (Å²) in [5.74, 6) is -2.01. The first-order valence-electron chi connectivity index (χ1n) is 11.6. The third-order valence-corrected chi connectivity index (χ3v) is 6.31. The van der Waals surface area contributed by atoms with Crippen LogP contribution in [0.5, 0.6) is 0 Å². The van der Waals surface area contributed by atoms with Crippen LogP contribution in [0, 0.1) is 60.6 Å². The van der Waals surface area contributed by atoms with Gasteiger partial charge in [0.25, 0.3) is 0 Å². The monoisotopic (exact) mass is 516 g/mol. The van der Waals surface area contributed by atoms with Crippen molar-refractivity contribution in [2.45, 2.75) is 13.8 Å². The number of halogens is 6. The van der Waals surface area contributed by atoms with E-state index in [-0.39, 0.29) is 22.1 Å². The van der Waals surface area contributed by atoms with E-state index in [0.717, 1.165) is 23.3 Å². The van der Waals surface area contributed by atoms with Crippen molar-refractivity contribution in [1.82, 2.24) is 0 Å². The summed E-state index contributed by atoms with van der Waals surface area (Å²) in [5.41, 5.74) is 3.60. The van der Waals surface area contributed by atoms with E-state index in [1.165, 1.54) is 12.1 Å². The first-order valence-corrected chi connectivity index (χ1v) is 11.6. The standard InChI is InChI=1S/C32H18F6/c1-17-3-6-20(7-4-17)21-8-10-25(27(34)14-21)22-11-18(2)24(26(33)15-22)9-5-19-12-23-16-29(36)31(37)32(38)30(23)28(35)13-19/h3-4,6-8,10-16H,1-2H3. The molecule has 0 nitrogen and oxygen atoms in total. The largest absolute Gasteiger partial charge is 0.206 e. The number of fused-ring (bicyclic) bond motifs is 1. The van der Waals surface area contributed by atoms with E-state index in [0.29, 0.717) is 22.8 Å². The molecule has 0 atom stereocenters. The zero-order chi connectivity index (χ0) is 27.1. The molecule has 0 aromatic heterocycles. The smallest absolute Gasteiger partial charge is 0.195 e. The normalized spacial score (nSPS) is 10.9. The van der Waals surface area contributed by atoms with E-state index >= 15 is 8.78 Å². The number of aryl methyl sites for hydroxylation is 2. The Morgan fingerprint density at radius 2 is 1.21 bits per heavy atom. The van der Waals surface area contributed by atoms with Gasteiger partial charge in [-0.1, -0.05) is 53.8 Å². The van der Waals surface area contributed by atoms with Crippen molar-refractivity contribution in [3.05, 3.63) is 130 Å². The number of hydrogen-bond acceptors (Lipinski definition) is 0. The molecule has 5 rings (SSSR count). The van der Waals surface area contributed by atoms with Crippen molar-refractivity contribution in [3.63, 3.8) is 0 Å². The molecule has 188 valence electrons. The lowest BCUT2D eigenvalue weighted by Crippen LogP contribution is -1.96. The maximum Gasteiger partial charge on any atom is 0.195 e. The fourth-order valence-corrected chi connectivity index (χ4v) is 4.33. The molecule has 0 aliphatic carbocycles. The van der Waals surface area contributed by atoms with Gasteiger partial charge in [0.1, 0.15) is 17.5 Å². The van der Waals surface area contributed by atoms with Gasteiger partial charge in [0.15, 0.2) is 17.5 Å². The highest BCUT2D eigenvalue weighted by atomic mass is 19.2. The molecule has 0 aliphatic rings. The molecule has 38 heavy (non-hydrogen) atoms. The van der Waals surface area contributed by atoms with Crippen LogP contribution in [0.1, 0.15) is 22.3 Å². The van der Waals surface area contributed by atoms with Crippen LogP contribution in [0.15, 0.2) is 72.8 Å². The number of rotatable bonds is 2. The summed E-state index contributed by atoms with van der Waals surface area (Å²) in [4.78, 5) is 0. The van der Waals surface area contributed by atoms with Gasteiger partial charge in [-0.25, -0.2) is 26.3 Å². The zero-order valence-electron chi connectivity index (χ0n) is 20.2. The Balaban J connectivity index is 1.49. The van der Waals surface area contributed by atoms with Gasteiger partial charge in [0.05, 0.1) is 10.9 Å². The van der Waals surface area contributed by atoms with Gasteiger partial charge in [-0.15, -0.1) is 0 Å². The average molecular weight is 516 g/mol. The third-order valence-electron chi connectivity index (χ3n) is 6.31. The molecule has 0 fully saturated rings. The molecule has 0 unspecified atom stereocenters. The summed E-state index contributed by atoms with van der Waals surface area (Å²) < 4.78 is 85.6. The van der Waals surface area contributed by atoms with Crippen molar-refractivity contribution in [1.29, 1.82) is 0 Å². The predicted octanol–water partition coefficient (Wildman–Crippen LogP) is 9.03. The Kier molecular flexibility index (Phi) is 6.46. The van der Waals surface area contributed by atoms with Gasteiger partial charge in [-0.3, -0.25) is 0 Å². The molecular formula is C32H18F6. The van der Waals surface area contributed by atoms with Crippen molar-refractivity contribution in [2.75, 3.05) is 0 Å². The minimum absolute atomic E-state index is 0.00223. The molecule has 0 spiro atoms. The molecule has 0 aliphatic heterocycles. The van der Waals surface area contributed by atoms with Gasteiger partial charge in [0, 0.05) is 11.1 Å². The van der Waals surface area contributed by atoms with Crippen molar-refractivity contribution in [3.8, 4) is 34.1 Å². The fraction of sp³-hybridized carbons (Fsp3) is 0.0625. The topological polar surface area (TPSA) is 0 Å². The maximum absolute atomic E-state index is 15.1. The Morgan fingerprint density at radius 3 is 1.89 bits per heavy atom. The summed E-state index contributed by atoms with van der Waals surface area (Å²) in [5, 5.41) is -0.917. The molecule has 0 amide bonds. The Labute approximate surface area is 215 Å². The van der Waals surface area contributed by atoms with E-state index in [1.807, 2.05) is 31.2 Å². The van der Waals surface area contributed by atoms with E-state index in [9.17, 15) is 17.6 Å². The summed E-state index contributed by atoms with van der Waals surface area (Å²) in [6.07, 6.45) is 0. The SMILES string of the molecule is Cc1ccc(-c2ccc(-c3cc(C)c(C#Cc4cc(F)c5c(F)c(F)c(F)cc5c4)c(F)c3)c(F)c2)cc1. The first kappa shape index (κ1) is 25.2. The Bertz CT molecular complexity index is 1770. The summed E-state index contributed by atoms with van der Waals surface area (Å²) in [6, 6.07) is 17.9. The molecule has 0 radical (unpaired) electrons. The molecule has 0 saturated heterocycles. The molecule has 0 saturated carbocycles. The van der Waals surface area contributed by atoms with Gasteiger partial charge in [0.2, 0.25) is 0 Å². The van der Waals surface area contributed by atoms with Crippen LogP contribution in [0.25, 0.3) is 33.0 Å². The highest BCUT2D eigenvalue weighted by Crippen LogP contribution is 2.31. The fourth-order valence-electron chi connectivity index (χ4n) is 4.33. The van der Waals surface area contributed by atoms with Crippen LogP contribution in [0.3, 0.4) is 0 Å². The molecular weight excluding hydrogens is 498 g/mol. The average Bonchev–Trinajstić information content (AvgIpc) is 2.87. The lowest BCUT2D eigenvalue weighted by atomic mass is 9.96. The second-order valence-corrected chi connectivity index (χ2v) is 9.00. The van der Waals surface area contributed by atoms with E-state index in [1.54, 1.807) is 25.1 Å². The van der Waals surface area contributed by atoms with Crippen LogP contribution in [0.2, 0.25) is 0 Å². The van der Waals surface area contributed by atoms with E-state index < -0.39 is 40.3 Å². The zero-order valence-corrected chi connectivity index (χ0v) is 20.2. The lowest BCUT2D eigenvalue weighted by Gasteiger charge is -2.10. The molecule has 0 heterocycles. The highest BCUT2D eigenvalue weighted by Gasteiger charge is 2.17. The predicted molar refractivity (Wildman–Crippen MR) is 136 cm³/mol. The van der Waals surface area contributed by atoms with Crippen LogP contribution in [0.4, 0.5) is 26.3 Å². The second kappa shape index (κ2) is 9.75. The molecule has 5 aromatic carbocycles. The number of hydrogen-bond donors (Lipinski definition) is 0.